The number of benzene rings is 8. The van der Waals surface area contributed by atoms with Gasteiger partial charge < -0.3 is 9.13 Å². The Balaban J connectivity index is 1.22. The number of hydrogen-bond donors (Lipinski definition) is 0. The first-order valence-electron chi connectivity index (χ1n) is 19.1. The minimum absolute atomic E-state index is 0.626. The van der Waals surface area contributed by atoms with Crippen LogP contribution in [0.4, 0.5) is 0 Å². The molecular formula is C51H31N5S. The van der Waals surface area contributed by atoms with Gasteiger partial charge in [-0.25, -0.2) is 15.0 Å². The van der Waals surface area contributed by atoms with E-state index in [1.165, 1.54) is 58.3 Å². The Bertz CT molecular complexity index is 3450. The summed E-state index contributed by atoms with van der Waals surface area (Å²) in [5.74, 6) is 1.91. The van der Waals surface area contributed by atoms with Crippen molar-refractivity contribution in [3.8, 4) is 45.5 Å². The third-order valence-electron chi connectivity index (χ3n) is 11.1. The van der Waals surface area contributed by atoms with E-state index in [2.05, 4.69) is 137 Å². The van der Waals surface area contributed by atoms with E-state index in [1.807, 2.05) is 72.0 Å². The molecular weight excluding hydrogens is 715 g/mol. The number of aromatic nitrogens is 5. The molecule has 0 radical (unpaired) electrons. The van der Waals surface area contributed by atoms with Crippen LogP contribution in [0, 0.1) is 0 Å². The average Bonchev–Trinajstić information content (AvgIpc) is 3.95. The van der Waals surface area contributed by atoms with Crippen LogP contribution in [-0.4, -0.2) is 24.1 Å². The molecule has 6 heteroatoms. The highest BCUT2D eigenvalue weighted by Crippen LogP contribution is 2.51. The Morgan fingerprint density at radius 1 is 0.351 bits per heavy atom. The first-order chi connectivity index (χ1) is 28.3. The smallest absolute Gasteiger partial charge is 0.164 e. The summed E-state index contributed by atoms with van der Waals surface area (Å²) in [6.45, 7) is 0. The molecule has 0 aliphatic heterocycles. The number of nitrogens with zero attached hydrogens (tertiary/aromatic N) is 5. The van der Waals surface area contributed by atoms with Crippen molar-refractivity contribution in [1.29, 1.82) is 0 Å². The molecule has 0 amide bonds. The van der Waals surface area contributed by atoms with Crippen molar-refractivity contribution in [3.05, 3.63) is 188 Å². The zero-order valence-corrected chi connectivity index (χ0v) is 31.4. The van der Waals surface area contributed by atoms with Gasteiger partial charge in [-0.1, -0.05) is 146 Å². The SMILES string of the molecule is c1ccc(-c2nc(-c3ccccc3)nc(-c3cccc(-n4c5ccccc5c5c6sc7ccccc7c6c6c7ccccc7n(-c7ccccc7)c6c54)c3)n2)cc1. The van der Waals surface area contributed by atoms with Crippen molar-refractivity contribution in [2.24, 2.45) is 0 Å². The predicted molar refractivity (Wildman–Crippen MR) is 238 cm³/mol. The Hall–Kier alpha value is -7.41. The van der Waals surface area contributed by atoms with Gasteiger partial charge in [0.05, 0.1) is 22.1 Å². The van der Waals surface area contributed by atoms with E-state index in [-0.39, 0.29) is 0 Å². The summed E-state index contributed by atoms with van der Waals surface area (Å²) >= 11 is 1.89. The first-order valence-corrected chi connectivity index (χ1v) is 19.9. The predicted octanol–water partition coefficient (Wildman–Crippen LogP) is 13.4. The molecule has 0 aliphatic carbocycles. The fraction of sp³-hybridized carbons (Fsp3) is 0. The summed E-state index contributed by atoms with van der Waals surface area (Å²) in [4.78, 5) is 15.2. The van der Waals surface area contributed by atoms with Crippen molar-refractivity contribution in [3.63, 3.8) is 0 Å². The summed E-state index contributed by atoms with van der Waals surface area (Å²) in [6, 6.07) is 66.4. The summed E-state index contributed by atoms with van der Waals surface area (Å²) in [7, 11) is 0. The van der Waals surface area contributed by atoms with E-state index in [0.29, 0.717) is 17.5 Å². The van der Waals surface area contributed by atoms with Gasteiger partial charge in [0, 0.05) is 69.8 Å². The second-order valence-electron chi connectivity index (χ2n) is 14.4. The molecule has 0 aliphatic rings. The maximum absolute atomic E-state index is 5.11. The second kappa shape index (κ2) is 12.6. The zero-order valence-electron chi connectivity index (χ0n) is 30.5. The van der Waals surface area contributed by atoms with E-state index in [4.69, 9.17) is 15.0 Å². The lowest BCUT2D eigenvalue weighted by Crippen LogP contribution is -2.01. The van der Waals surface area contributed by atoms with E-state index < -0.39 is 0 Å². The van der Waals surface area contributed by atoms with Crippen LogP contribution < -0.4 is 0 Å². The molecule has 4 heterocycles. The standard InChI is InChI=1S/C51H31N5S/c1-4-17-32(18-5-1)49-52-50(33-19-6-2-7-20-33)54-51(53-49)34-21-16-24-36(31-34)56-41-29-14-11-26-38(41)45-47(56)46-43(44-39-27-12-15-30-42(39)57-48(44)45)37-25-10-13-28-40(37)55(46)35-22-8-3-9-23-35/h1-31H. The fourth-order valence-electron chi connectivity index (χ4n) is 8.72. The van der Waals surface area contributed by atoms with Crippen LogP contribution >= 0.6 is 11.3 Å². The lowest BCUT2D eigenvalue weighted by molar-refractivity contribution is 1.07. The molecule has 0 atom stereocenters. The van der Waals surface area contributed by atoms with Gasteiger partial charge in [0.2, 0.25) is 0 Å². The zero-order chi connectivity index (χ0) is 37.5. The molecule has 266 valence electrons. The van der Waals surface area contributed by atoms with E-state index >= 15 is 0 Å². The number of rotatable bonds is 5. The fourth-order valence-corrected chi connectivity index (χ4v) is 9.99. The second-order valence-corrected chi connectivity index (χ2v) is 15.4. The average molecular weight is 746 g/mol. The minimum Gasteiger partial charge on any atom is -0.307 e. The molecule has 0 bridgehead atoms. The van der Waals surface area contributed by atoms with Crippen molar-refractivity contribution < 1.29 is 0 Å². The maximum Gasteiger partial charge on any atom is 0.164 e. The number of fused-ring (bicyclic) bond motifs is 12. The number of thiophene rings is 1. The quantitative estimate of drug-likeness (QED) is 0.176. The number of hydrogen-bond acceptors (Lipinski definition) is 4. The molecule has 0 fully saturated rings. The van der Waals surface area contributed by atoms with Gasteiger partial charge in [0.15, 0.2) is 17.5 Å². The summed E-state index contributed by atoms with van der Waals surface area (Å²) in [6.07, 6.45) is 0. The summed E-state index contributed by atoms with van der Waals surface area (Å²) < 4.78 is 7.53. The van der Waals surface area contributed by atoms with E-state index in [0.717, 1.165) is 33.6 Å². The van der Waals surface area contributed by atoms with E-state index in [9.17, 15) is 0 Å². The van der Waals surface area contributed by atoms with Crippen LogP contribution in [0.2, 0.25) is 0 Å². The highest BCUT2D eigenvalue weighted by Gasteiger charge is 2.27. The van der Waals surface area contributed by atoms with Gasteiger partial charge in [-0.3, -0.25) is 0 Å². The minimum atomic E-state index is 0.626. The van der Waals surface area contributed by atoms with Crippen LogP contribution in [0.5, 0.6) is 0 Å². The van der Waals surface area contributed by atoms with Crippen molar-refractivity contribution in [1.82, 2.24) is 24.1 Å². The molecule has 12 rings (SSSR count). The monoisotopic (exact) mass is 745 g/mol. The third-order valence-corrected chi connectivity index (χ3v) is 12.3. The van der Waals surface area contributed by atoms with Crippen molar-refractivity contribution in [2.45, 2.75) is 0 Å². The van der Waals surface area contributed by atoms with Crippen LogP contribution in [0.25, 0.3) is 109 Å². The molecule has 5 nitrogen and oxygen atoms in total. The molecule has 0 saturated heterocycles. The molecule has 0 saturated carbocycles. The largest absolute Gasteiger partial charge is 0.307 e. The Kier molecular flexibility index (Phi) is 7.03. The highest BCUT2D eigenvalue weighted by molar-refractivity contribution is 7.27. The Labute approximate surface area is 331 Å². The molecule has 0 N–H and O–H groups in total. The van der Waals surface area contributed by atoms with Crippen molar-refractivity contribution in [2.75, 3.05) is 0 Å². The molecule has 0 spiro atoms. The number of para-hydroxylation sites is 3. The Morgan fingerprint density at radius 2 is 0.807 bits per heavy atom. The molecule has 57 heavy (non-hydrogen) atoms. The normalized spacial score (nSPS) is 11.9. The third kappa shape index (κ3) is 4.84. The highest BCUT2D eigenvalue weighted by atomic mass is 32.1. The molecule has 12 aromatic rings. The molecule has 0 unspecified atom stereocenters. The van der Waals surface area contributed by atoms with Gasteiger partial charge in [-0.2, -0.15) is 0 Å². The van der Waals surface area contributed by atoms with Gasteiger partial charge in [0.25, 0.3) is 0 Å². The van der Waals surface area contributed by atoms with E-state index in [1.54, 1.807) is 0 Å². The topological polar surface area (TPSA) is 48.5 Å². The van der Waals surface area contributed by atoms with Gasteiger partial charge in [-0.15, -0.1) is 11.3 Å². The summed E-state index contributed by atoms with van der Waals surface area (Å²) in [5.41, 5.74) is 9.65. The van der Waals surface area contributed by atoms with Gasteiger partial charge in [0.1, 0.15) is 0 Å². The van der Waals surface area contributed by atoms with Crippen LogP contribution in [0.15, 0.2) is 188 Å². The van der Waals surface area contributed by atoms with Crippen LogP contribution in [0.3, 0.4) is 0 Å². The molecule has 4 aromatic heterocycles. The van der Waals surface area contributed by atoms with Gasteiger partial charge in [-0.05, 0) is 42.5 Å². The van der Waals surface area contributed by atoms with Crippen LogP contribution in [-0.2, 0) is 0 Å². The van der Waals surface area contributed by atoms with Crippen LogP contribution in [0.1, 0.15) is 0 Å². The lowest BCUT2D eigenvalue weighted by Gasteiger charge is -2.14. The summed E-state index contributed by atoms with van der Waals surface area (Å²) in [5, 5.41) is 7.60. The Morgan fingerprint density at radius 3 is 1.46 bits per heavy atom. The first kappa shape index (κ1) is 31.9. The van der Waals surface area contributed by atoms with Gasteiger partial charge >= 0.3 is 0 Å². The molecule has 8 aromatic carbocycles. The lowest BCUT2D eigenvalue weighted by atomic mass is 10.0. The van der Waals surface area contributed by atoms with Crippen molar-refractivity contribution >= 4 is 75.1 Å². The maximum atomic E-state index is 5.11.